The van der Waals surface area contributed by atoms with Crippen molar-refractivity contribution in [1.82, 2.24) is 4.83 Å². The van der Waals surface area contributed by atoms with Crippen LogP contribution in [0.2, 0.25) is 0 Å². The molecule has 2 N–H and O–H groups in total. The Bertz CT molecular complexity index is 843. The van der Waals surface area contributed by atoms with Crippen molar-refractivity contribution >= 4 is 15.7 Å². The third-order valence-corrected chi connectivity index (χ3v) is 4.54. The molecule has 0 aliphatic rings. The van der Waals surface area contributed by atoms with Crippen LogP contribution in [0, 0.1) is 6.92 Å². The van der Waals surface area contributed by atoms with Crippen LogP contribution in [0.15, 0.2) is 52.5 Å². The number of hydrogen-bond acceptors (Lipinski definition) is 5. The molecular weight excluding hydrogens is 328 g/mol. The number of aromatic hydroxyl groups is 1. The molecule has 2 rings (SSSR count). The van der Waals surface area contributed by atoms with E-state index in [0.717, 1.165) is 5.56 Å². The summed E-state index contributed by atoms with van der Waals surface area (Å²) in [4.78, 5) is 2.26. The number of phenolic OH excluding ortho intramolecular Hbond substituents is 1. The van der Waals surface area contributed by atoms with Gasteiger partial charge in [-0.2, -0.15) is 18.4 Å². The fourth-order valence-corrected chi connectivity index (χ4v) is 2.92. The lowest BCUT2D eigenvalue weighted by Crippen LogP contribution is -2.20. The number of nitrogens with one attached hydrogen (secondary N) is 1. The minimum Gasteiger partial charge on any atom is -0.507 e. The van der Waals surface area contributed by atoms with Crippen LogP contribution in [0.3, 0.4) is 0 Å². The first-order valence-corrected chi connectivity index (χ1v) is 8.90. The van der Waals surface area contributed by atoms with Crippen molar-refractivity contribution in [3.05, 3.63) is 53.6 Å². The van der Waals surface area contributed by atoms with Crippen molar-refractivity contribution in [2.24, 2.45) is 5.10 Å². The number of hydrogen-bond donors (Lipinski definition) is 2. The predicted octanol–water partition coefficient (Wildman–Crippen LogP) is 2.80. The minimum atomic E-state index is -3.79. The van der Waals surface area contributed by atoms with Crippen molar-refractivity contribution < 1.29 is 18.3 Å². The van der Waals surface area contributed by atoms with Crippen molar-refractivity contribution in [3.63, 3.8) is 0 Å². The van der Waals surface area contributed by atoms with Crippen LogP contribution in [0.25, 0.3) is 0 Å². The van der Waals surface area contributed by atoms with E-state index < -0.39 is 10.0 Å². The number of phenols is 1. The SMILES string of the molecule is CCOc1ccc(S(=O)(=O)N/N=C(\C)c2cc(C)ccc2O)cc1. The van der Waals surface area contributed by atoms with Crippen molar-refractivity contribution in [1.29, 1.82) is 0 Å². The standard InChI is InChI=1S/C17H20N2O4S/c1-4-23-14-6-8-15(9-7-14)24(21,22)19-18-13(3)16-11-12(2)5-10-17(16)20/h5-11,19-20H,4H2,1-3H3/b18-13+. The van der Waals surface area contributed by atoms with E-state index in [1.807, 2.05) is 13.8 Å². The molecule has 6 nitrogen and oxygen atoms in total. The Morgan fingerprint density at radius 3 is 2.50 bits per heavy atom. The highest BCUT2D eigenvalue weighted by Crippen LogP contribution is 2.19. The van der Waals surface area contributed by atoms with Gasteiger partial charge in [0, 0.05) is 5.56 Å². The third kappa shape index (κ3) is 4.26. The van der Waals surface area contributed by atoms with Crippen molar-refractivity contribution in [2.45, 2.75) is 25.7 Å². The molecule has 2 aromatic rings. The Labute approximate surface area is 141 Å². The Morgan fingerprint density at radius 1 is 1.21 bits per heavy atom. The molecule has 0 atom stereocenters. The van der Waals surface area contributed by atoms with Gasteiger partial charge in [0.15, 0.2) is 0 Å². The summed E-state index contributed by atoms with van der Waals surface area (Å²) < 4.78 is 29.8. The number of rotatable bonds is 6. The number of ether oxygens (including phenoxy) is 1. The van der Waals surface area contributed by atoms with Gasteiger partial charge in [-0.1, -0.05) is 11.6 Å². The summed E-state index contributed by atoms with van der Waals surface area (Å²) >= 11 is 0. The van der Waals surface area contributed by atoms with Gasteiger partial charge in [-0.25, -0.2) is 0 Å². The summed E-state index contributed by atoms with van der Waals surface area (Å²) in [6, 6.07) is 11.1. The summed E-state index contributed by atoms with van der Waals surface area (Å²) in [7, 11) is -3.79. The first kappa shape index (κ1) is 17.8. The zero-order chi connectivity index (χ0) is 17.7. The molecule has 0 saturated heterocycles. The third-order valence-electron chi connectivity index (χ3n) is 3.32. The van der Waals surface area contributed by atoms with E-state index in [0.29, 0.717) is 23.6 Å². The molecule has 7 heteroatoms. The fourth-order valence-electron chi connectivity index (χ4n) is 2.06. The molecule has 0 aliphatic carbocycles. The monoisotopic (exact) mass is 348 g/mol. The second-order valence-corrected chi connectivity index (χ2v) is 6.88. The normalized spacial score (nSPS) is 12.0. The van der Waals surface area contributed by atoms with E-state index in [1.54, 1.807) is 37.3 Å². The molecule has 0 bridgehead atoms. The maximum Gasteiger partial charge on any atom is 0.276 e. The molecule has 24 heavy (non-hydrogen) atoms. The number of nitrogens with zero attached hydrogens (tertiary/aromatic N) is 1. The number of aryl methyl sites for hydroxylation is 1. The molecule has 0 saturated carbocycles. The zero-order valence-electron chi connectivity index (χ0n) is 13.8. The van der Waals surface area contributed by atoms with Crippen LogP contribution in [0.4, 0.5) is 0 Å². The second kappa shape index (κ2) is 7.35. The van der Waals surface area contributed by atoms with Crippen LogP contribution in [0.1, 0.15) is 25.0 Å². The van der Waals surface area contributed by atoms with Crippen LogP contribution in [-0.2, 0) is 10.0 Å². The topological polar surface area (TPSA) is 88.0 Å². The van der Waals surface area contributed by atoms with Gasteiger partial charge >= 0.3 is 0 Å². The molecule has 0 radical (unpaired) electrons. The summed E-state index contributed by atoms with van der Waals surface area (Å²) in [5.41, 5.74) is 1.78. The molecule has 128 valence electrons. The lowest BCUT2D eigenvalue weighted by Gasteiger charge is -2.08. The number of hydrazone groups is 1. The molecule has 0 fully saturated rings. The Kier molecular flexibility index (Phi) is 5.46. The molecule has 0 unspecified atom stereocenters. The quantitative estimate of drug-likeness (QED) is 0.621. The lowest BCUT2D eigenvalue weighted by atomic mass is 10.1. The molecule has 2 aromatic carbocycles. The van der Waals surface area contributed by atoms with E-state index in [2.05, 4.69) is 9.93 Å². The van der Waals surface area contributed by atoms with Gasteiger partial charge in [0.1, 0.15) is 11.5 Å². The average Bonchev–Trinajstić information content (AvgIpc) is 2.56. The fraction of sp³-hybridized carbons (Fsp3) is 0.235. The maximum atomic E-state index is 12.3. The summed E-state index contributed by atoms with van der Waals surface area (Å²) in [6.07, 6.45) is 0. The zero-order valence-corrected chi connectivity index (χ0v) is 14.6. The first-order chi connectivity index (χ1) is 11.3. The van der Waals surface area contributed by atoms with E-state index in [1.165, 1.54) is 12.1 Å². The maximum absolute atomic E-state index is 12.3. The smallest absolute Gasteiger partial charge is 0.276 e. The largest absolute Gasteiger partial charge is 0.507 e. The Morgan fingerprint density at radius 2 is 1.88 bits per heavy atom. The second-order valence-electron chi connectivity index (χ2n) is 5.22. The minimum absolute atomic E-state index is 0.0436. The average molecular weight is 348 g/mol. The summed E-state index contributed by atoms with van der Waals surface area (Å²) in [5.74, 6) is 0.642. The molecule has 0 amide bonds. The van der Waals surface area contributed by atoms with Gasteiger partial charge in [0.2, 0.25) is 0 Å². The first-order valence-electron chi connectivity index (χ1n) is 7.42. The molecule has 0 aliphatic heterocycles. The molecule has 0 aromatic heterocycles. The highest BCUT2D eigenvalue weighted by Gasteiger charge is 2.14. The summed E-state index contributed by atoms with van der Waals surface area (Å²) in [6.45, 7) is 5.85. The van der Waals surface area contributed by atoms with Gasteiger partial charge in [0.25, 0.3) is 10.0 Å². The van der Waals surface area contributed by atoms with E-state index in [4.69, 9.17) is 4.74 Å². The highest BCUT2D eigenvalue weighted by molar-refractivity contribution is 7.89. The van der Waals surface area contributed by atoms with Crippen LogP contribution in [0.5, 0.6) is 11.5 Å². The van der Waals surface area contributed by atoms with Crippen molar-refractivity contribution in [3.8, 4) is 11.5 Å². The van der Waals surface area contributed by atoms with Gasteiger partial charge < -0.3 is 9.84 Å². The molecule has 0 heterocycles. The highest BCUT2D eigenvalue weighted by atomic mass is 32.2. The molecular formula is C17H20N2O4S. The van der Waals surface area contributed by atoms with Gasteiger partial charge in [-0.3, -0.25) is 0 Å². The van der Waals surface area contributed by atoms with Gasteiger partial charge in [-0.05, 0) is 57.2 Å². The van der Waals surface area contributed by atoms with Crippen molar-refractivity contribution in [2.75, 3.05) is 6.61 Å². The Balaban J connectivity index is 2.20. The van der Waals surface area contributed by atoms with E-state index in [9.17, 15) is 13.5 Å². The van der Waals surface area contributed by atoms with Gasteiger partial charge in [-0.15, -0.1) is 0 Å². The number of benzene rings is 2. The van der Waals surface area contributed by atoms with Crippen LogP contribution >= 0.6 is 0 Å². The van der Waals surface area contributed by atoms with Crippen LogP contribution < -0.4 is 9.57 Å². The molecule has 0 spiro atoms. The van der Waals surface area contributed by atoms with Crippen LogP contribution in [-0.4, -0.2) is 25.8 Å². The lowest BCUT2D eigenvalue weighted by molar-refractivity contribution is 0.340. The van der Waals surface area contributed by atoms with E-state index >= 15 is 0 Å². The van der Waals surface area contributed by atoms with E-state index in [-0.39, 0.29) is 10.6 Å². The summed E-state index contributed by atoms with van der Waals surface area (Å²) in [5, 5.41) is 13.8. The number of sulfonamides is 1. The van der Waals surface area contributed by atoms with Gasteiger partial charge in [0.05, 0.1) is 17.2 Å². The predicted molar refractivity (Wildman–Crippen MR) is 93.0 cm³/mol. The Hall–Kier alpha value is -2.54.